The highest BCUT2D eigenvalue weighted by atomic mass is 16.5. The molecule has 2 rings (SSSR count). The van der Waals surface area contributed by atoms with Crippen LogP contribution in [-0.4, -0.2) is 57.4 Å². The van der Waals surface area contributed by atoms with Crippen LogP contribution in [0.25, 0.3) is 0 Å². The van der Waals surface area contributed by atoms with E-state index in [1.807, 2.05) is 0 Å². The highest BCUT2D eigenvalue weighted by Crippen LogP contribution is 2.41. The van der Waals surface area contributed by atoms with Gasteiger partial charge < -0.3 is 24.6 Å². The molecule has 1 aromatic carbocycles. The van der Waals surface area contributed by atoms with Crippen LogP contribution in [0.4, 0.5) is 5.69 Å². The standard InChI is InChI=1S/C15H20N2O6/c1-21-4-3-16-13(19)7-17-11-5-10(8-18)6-12(22-2)15(11)23-9-14(17)20/h5-6,18H,3-4,7-9H2,1-2H3,(H,16,19). The Morgan fingerprint density at radius 3 is 2.87 bits per heavy atom. The van der Waals surface area contributed by atoms with E-state index in [1.54, 1.807) is 12.1 Å². The van der Waals surface area contributed by atoms with Crippen molar-refractivity contribution in [1.29, 1.82) is 0 Å². The predicted octanol–water partition coefficient (Wildman–Crippen LogP) is -0.324. The number of ether oxygens (including phenoxy) is 3. The largest absolute Gasteiger partial charge is 0.493 e. The molecule has 1 aromatic rings. The van der Waals surface area contributed by atoms with Crippen molar-refractivity contribution in [1.82, 2.24) is 5.32 Å². The second-order valence-electron chi connectivity index (χ2n) is 4.92. The molecule has 0 aliphatic carbocycles. The van der Waals surface area contributed by atoms with Gasteiger partial charge in [-0.15, -0.1) is 0 Å². The summed E-state index contributed by atoms with van der Waals surface area (Å²) in [5, 5.41) is 12.0. The second kappa shape index (κ2) is 7.80. The fourth-order valence-electron chi connectivity index (χ4n) is 2.24. The van der Waals surface area contributed by atoms with Crippen LogP contribution in [0.3, 0.4) is 0 Å². The molecule has 1 aliphatic heterocycles. The number of amides is 2. The van der Waals surface area contributed by atoms with Crippen molar-refractivity contribution in [2.45, 2.75) is 6.61 Å². The monoisotopic (exact) mass is 324 g/mol. The van der Waals surface area contributed by atoms with E-state index in [0.717, 1.165) is 0 Å². The molecule has 1 aliphatic rings. The van der Waals surface area contributed by atoms with E-state index in [4.69, 9.17) is 14.2 Å². The molecule has 1 heterocycles. The Morgan fingerprint density at radius 1 is 1.43 bits per heavy atom. The Balaban J connectivity index is 2.24. The molecular weight excluding hydrogens is 304 g/mol. The minimum atomic E-state index is -0.337. The first-order valence-corrected chi connectivity index (χ1v) is 7.11. The fraction of sp³-hybridized carbons (Fsp3) is 0.467. The van der Waals surface area contributed by atoms with Gasteiger partial charge in [0.25, 0.3) is 5.91 Å². The van der Waals surface area contributed by atoms with E-state index in [-0.39, 0.29) is 31.6 Å². The zero-order valence-electron chi connectivity index (χ0n) is 13.1. The number of aliphatic hydroxyl groups excluding tert-OH is 1. The number of carbonyl (C=O) groups is 2. The lowest BCUT2D eigenvalue weighted by Crippen LogP contribution is -2.45. The molecule has 0 spiro atoms. The topological polar surface area (TPSA) is 97.3 Å². The Morgan fingerprint density at radius 2 is 2.22 bits per heavy atom. The van der Waals surface area contributed by atoms with Crippen LogP contribution in [0.1, 0.15) is 5.56 Å². The molecule has 0 unspecified atom stereocenters. The predicted molar refractivity (Wildman–Crippen MR) is 81.7 cm³/mol. The van der Waals surface area contributed by atoms with Gasteiger partial charge >= 0.3 is 0 Å². The zero-order chi connectivity index (χ0) is 16.8. The summed E-state index contributed by atoms with van der Waals surface area (Å²) in [5.41, 5.74) is 0.968. The highest BCUT2D eigenvalue weighted by Gasteiger charge is 2.30. The molecule has 8 nitrogen and oxygen atoms in total. The van der Waals surface area contributed by atoms with Gasteiger partial charge in [0.15, 0.2) is 18.1 Å². The summed E-state index contributed by atoms with van der Waals surface area (Å²) in [6, 6.07) is 3.24. The Bertz CT molecular complexity index is 590. The number of nitrogens with one attached hydrogen (secondary N) is 1. The summed E-state index contributed by atoms with van der Waals surface area (Å²) in [4.78, 5) is 25.4. The lowest BCUT2D eigenvalue weighted by molar-refractivity contribution is -0.125. The Hall–Kier alpha value is -2.32. The van der Waals surface area contributed by atoms with Crippen molar-refractivity contribution in [3.8, 4) is 11.5 Å². The molecule has 8 heteroatoms. The zero-order valence-corrected chi connectivity index (χ0v) is 13.1. The molecule has 0 aromatic heterocycles. The molecule has 0 bridgehead atoms. The molecule has 0 atom stereocenters. The minimum absolute atomic E-state index is 0.142. The van der Waals surface area contributed by atoms with Crippen LogP contribution in [0.15, 0.2) is 12.1 Å². The van der Waals surface area contributed by atoms with Crippen molar-refractivity contribution >= 4 is 17.5 Å². The average Bonchev–Trinajstić information content (AvgIpc) is 2.56. The molecule has 0 radical (unpaired) electrons. The third-order valence-electron chi connectivity index (χ3n) is 3.36. The number of fused-ring (bicyclic) bond motifs is 1. The number of nitrogens with zero attached hydrogens (tertiary/aromatic N) is 1. The van der Waals surface area contributed by atoms with Crippen LogP contribution >= 0.6 is 0 Å². The molecule has 0 saturated carbocycles. The average molecular weight is 324 g/mol. The first-order chi connectivity index (χ1) is 11.1. The molecule has 2 amide bonds. The molecule has 126 valence electrons. The van der Waals surface area contributed by atoms with Gasteiger partial charge in [0.1, 0.15) is 6.54 Å². The quantitative estimate of drug-likeness (QED) is 0.667. The van der Waals surface area contributed by atoms with E-state index in [0.29, 0.717) is 35.9 Å². The van der Waals surface area contributed by atoms with Crippen LogP contribution in [0.2, 0.25) is 0 Å². The third-order valence-corrected chi connectivity index (χ3v) is 3.36. The van der Waals surface area contributed by atoms with E-state index in [2.05, 4.69) is 5.32 Å². The van der Waals surface area contributed by atoms with Gasteiger partial charge in [0.05, 0.1) is 26.0 Å². The number of benzene rings is 1. The molecule has 0 fully saturated rings. The van der Waals surface area contributed by atoms with Crippen molar-refractivity contribution in [2.75, 3.05) is 45.4 Å². The summed E-state index contributed by atoms with van der Waals surface area (Å²) in [6.07, 6.45) is 0. The van der Waals surface area contributed by atoms with Crippen molar-refractivity contribution < 1.29 is 28.9 Å². The minimum Gasteiger partial charge on any atom is -0.493 e. The molecular formula is C15H20N2O6. The molecule has 2 N–H and O–H groups in total. The third kappa shape index (κ3) is 3.91. The lowest BCUT2D eigenvalue weighted by Gasteiger charge is -2.30. The Kier molecular flexibility index (Phi) is 5.78. The lowest BCUT2D eigenvalue weighted by atomic mass is 10.1. The first kappa shape index (κ1) is 17.0. The number of methoxy groups -OCH3 is 2. The molecule has 23 heavy (non-hydrogen) atoms. The van der Waals surface area contributed by atoms with Crippen LogP contribution in [0, 0.1) is 0 Å². The molecule has 0 saturated heterocycles. The van der Waals surface area contributed by atoms with Gasteiger partial charge in [-0.2, -0.15) is 0 Å². The van der Waals surface area contributed by atoms with Gasteiger partial charge in [-0.1, -0.05) is 0 Å². The van der Waals surface area contributed by atoms with Gasteiger partial charge in [-0.3, -0.25) is 14.5 Å². The summed E-state index contributed by atoms with van der Waals surface area (Å²) in [7, 11) is 3.01. The van der Waals surface area contributed by atoms with Crippen LogP contribution in [-0.2, 0) is 20.9 Å². The highest BCUT2D eigenvalue weighted by molar-refractivity contribution is 6.02. The number of rotatable bonds is 7. The van der Waals surface area contributed by atoms with E-state index in [1.165, 1.54) is 19.1 Å². The second-order valence-corrected chi connectivity index (χ2v) is 4.92. The number of carbonyl (C=O) groups excluding carboxylic acids is 2. The number of hydrogen-bond donors (Lipinski definition) is 2. The summed E-state index contributed by atoms with van der Waals surface area (Å²) >= 11 is 0. The maximum absolute atomic E-state index is 12.1. The Labute approximate surface area is 133 Å². The van der Waals surface area contributed by atoms with Gasteiger partial charge in [-0.05, 0) is 17.7 Å². The van der Waals surface area contributed by atoms with Gasteiger partial charge in [0.2, 0.25) is 5.91 Å². The van der Waals surface area contributed by atoms with Crippen LogP contribution < -0.4 is 19.7 Å². The first-order valence-electron chi connectivity index (χ1n) is 7.11. The number of aliphatic hydroxyl groups is 1. The normalized spacial score (nSPS) is 13.3. The smallest absolute Gasteiger partial charge is 0.265 e. The van der Waals surface area contributed by atoms with Crippen molar-refractivity contribution in [2.24, 2.45) is 0 Å². The number of hydrogen-bond acceptors (Lipinski definition) is 6. The van der Waals surface area contributed by atoms with E-state index >= 15 is 0 Å². The van der Waals surface area contributed by atoms with Crippen LogP contribution in [0.5, 0.6) is 11.5 Å². The summed E-state index contributed by atoms with van der Waals surface area (Å²) < 4.78 is 15.5. The fourth-order valence-corrected chi connectivity index (χ4v) is 2.24. The van der Waals surface area contributed by atoms with Gasteiger partial charge in [0, 0.05) is 13.7 Å². The van der Waals surface area contributed by atoms with E-state index < -0.39 is 0 Å². The maximum Gasteiger partial charge on any atom is 0.265 e. The van der Waals surface area contributed by atoms with Gasteiger partial charge in [-0.25, -0.2) is 0 Å². The van der Waals surface area contributed by atoms with Crippen molar-refractivity contribution in [3.05, 3.63) is 17.7 Å². The van der Waals surface area contributed by atoms with Crippen molar-refractivity contribution in [3.63, 3.8) is 0 Å². The number of anilines is 1. The summed E-state index contributed by atoms with van der Waals surface area (Å²) in [5.74, 6) is 0.144. The maximum atomic E-state index is 12.1. The summed E-state index contributed by atoms with van der Waals surface area (Å²) in [6.45, 7) is 0.221. The van der Waals surface area contributed by atoms with E-state index in [9.17, 15) is 14.7 Å². The SMILES string of the molecule is COCCNC(=O)CN1C(=O)COc2c(OC)cc(CO)cc21.